The summed E-state index contributed by atoms with van der Waals surface area (Å²) in [6.07, 6.45) is 6.77. The summed E-state index contributed by atoms with van der Waals surface area (Å²) in [7, 11) is 0. The maximum Gasteiger partial charge on any atom is 0.160 e. The summed E-state index contributed by atoms with van der Waals surface area (Å²) in [5.41, 5.74) is 3.40. The molecule has 2 heteroatoms. The van der Waals surface area contributed by atoms with Gasteiger partial charge in [-0.15, -0.1) is 0 Å². The van der Waals surface area contributed by atoms with Crippen LogP contribution < -0.4 is 0 Å². The highest BCUT2D eigenvalue weighted by Crippen LogP contribution is 2.27. The third-order valence-corrected chi connectivity index (χ3v) is 3.64. The molecule has 2 nitrogen and oxygen atoms in total. The Kier molecular flexibility index (Phi) is 7.21. The molecule has 0 saturated heterocycles. The van der Waals surface area contributed by atoms with E-state index in [0.29, 0.717) is 0 Å². The lowest BCUT2D eigenvalue weighted by atomic mass is 10.0. The highest BCUT2D eigenvalue weighted by molar-refractivity contribution is 6.07. The van der Waals surface area contributed by atoms with Crippen LogP contribution in [-0.4, -0.2) is 10.4 Å². The molecule has 0 unspecified atom stereocenters. The molecule has 0 amide bonds. The van der Waals surface area contributed by atoms with Crippen molar-refractivity contribution in [3.05, 3.63) is 35.5 Å². The second kappa shape index (κ2) is 8.66. The fourth-order valence-corrected chi connectivity index (χ4v) is 2.70. The SMILES string of the molecule is CC.CCCCn1cc(CCC)c2c(C(C)=O)cccc21. The van der Waals surface area contributed by atoms with Crippen LogP contribution in [0.3, 0.4) is 0 Å². The molecular formula is C19H29NO. The molecule has 0 aliphatic heterocycles. The highest BCUT2D eigenvalue weighted by Gasteiger charge is 2.13. The van der Waals surface area contributed by atoms with Gasteiger partial charge in [-0.2, -0.15) is 0 Å². The standard InChI is InChI=1S/C17H23NO.C2H6/c1-4-6-11-18-12-14(8-5-2)17-15(13(3)19)9-7-10-16(17)18;1-2/h7,9-10,12H,4-6,8,11H2,1-3H3;1-2H3. The number of fused-ring (bicyclic) bond motifs is 1. The monoisotopic (exact) mass is 287 g/mol. The molecule has 0 N–H and O–H groups in total. The first-order valence-electron chi connectivity index (χ1n) is 8.30. The van der Waals surface area contributed by atoms with Crippen molar-refractivity contribution in [3.63, 3.8) is 0 Å². The molecule has 2 rings (SSSR count). The van der Waals surface area contributed by atoms with Crippen LogP contribution in [0, 0.1) is 0 Å². The number of carbonyl (C=O) groups excluding carboxylic acids is 1. The van der Waals surface area contributed by atoms with Crippen LogP contribution in [0.15, 0.2) is 24.4 Å². The maximum absolute atomic E-state index is 11.8. The van der Waals surface area contributed by atoms with Crippen molar-refractivity contribution in [2.75, 3.05) is 0 Å². The number of carbonyl (C=O) groups is 1. The predicted molar refractivity (Wildman–Crippen MR) is 92.2 cm³/mol. The van der Waals surface area contributed by atoms with Gasteiger partial charge in [-0.1, -0.05) is 52.7 Å². The first kappa shape index (κ1) is 17.5. The number of rotatable bonds is 6. The first-order valence-corrected chi connectivity index (χ1v) is 8.30. The minimum Gasteiger partial charge on any atom is -0.347 e. The van der Waals surface area contributed by atoms with Crippen molar-refractivity contribution in [3.8, 4) is 0 Å². The molecule has 21 heavy (non-hydrogen) atoms. The summed E-state index contributed by atoms with van der Waals surface area (Å²) in [6, 6.07) is 6.09. The van der Waals surface area contributed by atoms with E-state index in [0.717, 1.165) is 24.9 Å². The van der Waals surface area contributed by atoms with Crippen molar-refractivity contribution in [2.24, 2.45) is 0 Å². The highest BCUT2D eigenvalue weighted by atomic mass is 16.1. The second-order valence-corrected chi connectivity index (χ2v) is 5.21. The molecular weight excluding hydrogens is 258 g/mol. The fourth-order valence-electron chi connectivity index (χ4n) is 2.70. The van der Waals surface area contributed by atoms with Crippen LogP contribution in [-0.2, 0) is 13.0 Å². The molecule has 1 aromatic heterocycles. The number of hydrogen-bond acceptors (Lipinski definition) is 1. The number of aryl methyl sites for hydroxylation is 2. The van der Waals surface area contributed by atoms with Gasteiger partial charge >= 0.3 is 0 Å². The van der Waals surface area contributed by atoms with Crippen LogP contribution in [0.1, 0.15) is 69.8 Å². The third-order valence-electron chi connectivity index (χ3n) is 3.64. The van der Waals surface area contributed by atoms with Crippen molar-refractivity contribution < 1.29 is 4.79 Å². The van der Waals surface area contributed by atoms with Gasteiger partial charge in [-0.3, -0.25) is 4.79 Å². The Morgan fingerprint density at radius 2 is 1.86 bits per heavy atom. The van der Waals surface area contributed by atoms with E-state index < -0.39 is 0 Å². The zero-order chi connectivity index (χ0) is 15.8. The third kappa shape index (κ3) is 3.96. The molecule has 0 fully saturated rings. The van der Waals surface area contributed by atoms with E-state index in [-0.39, 0.29) is 5.78 Å². The van der Waals surface area contributed by atoms with Crippen LogP contribution >= 0.6 is 0 Å². The first-order chi connectivity index (χ1) is 10.2. The summed E-state index contributed by atoms with van der Waals surface area (Å²) < 4.78 is 2.32. The van der Waals surface area contributed by atoms with E-state index in [1.54, 1.807) is 6.92 Å². The molecule has 0 bridgehead atoms. The van der Waals surface area contributed by atoms with Crippen molar-refractivity contribution >= 4 is 16.7 Å². The number of benzene rings is 1. The van der Waals surface area contributed by atoms with Gasteiger partial charge in [0.15, 0.2) is 5.78 Å². The average molecular weight is 287 g/mol. The van der Waals surface area contributed by atoms with Crippen LogP contribution in [0.5, 0.6) is 0 Å². The summed E-state index contributed by atoms with van der Waals surface area (Å²) in [4.78, 5) is 11.8. The Hall–Kier alpha value is -1.57. The molecule has 0 spiro atoms. The number of unbranched alkanes of at least 4 members (excludes halogenated alkanes) is 1. The van der Waals surface area contributed by atoms with E-state index in [4.69, 9.17) is 0 Å². The normalized spacial score (nSPS) is 10.3. The van der Waals surface area contributed by atoms with Crippen LogP contribution in [0.25, 0.3) is 10.9 Å². The van der Waals surface area contributed by atoms with Gasteiger partial charge in [0.2, 0.25) is 0 Å². The second-order valence-electron chi connectivity index (χ2n) is 5.21. The Morgan fingerprint density at radius 1 is 1.14 bits per heavy atom. The Balaban J connectivity index is 0.00000106. The minimum atomic E-state index is 0.163. The van der Waals surface area contributed by atoms with E-state index in [1.807, 2.05) is 26.0 Å². The number of Topliss-reactive ketones (excluding diaryl/α,β-unsaturated/α-hetero) is 1. The maximum atomic E-state index is 11.8. The molecule has 0 aliphatic rings. The lowest BCUT2D eigenvalue weighted by Crippen LogP contribution is -1.97. The molecule has 116 valence electrons. The topological polar surface area (TPSA) is 22.0 Å². The molecule has 0 atom stereocenters. The number of nitrogens with zero attached hydrogens (tertiary/aromatic N) is 1. The van der Waals surface area contributed by atoms with Gasteiger partial charge in [-0.05, 0) is 31.4 Å². The zero-order valence-corrected chi connectivity index (χ0v) is 14.2. The number of hydrogen-bond donors (Lipinski definition) is 0. The van der Waals surface area contributed by atoms with E-state index in [2.05, 4.69) is 30.7 Å². The average Bonchev–Trinajstić information content (AvgIpc) is 2.85. The van der Waals surface area contributed by atoms with E-state index in [1.165, 1.54) is 29.3 Å². The van der Waals surface area contributed by atoms with Gasteiger partial charge in [0.25, 0.3) is 0 Å². The summed E-state index contributed by atoms with van der Waals surface area (Å²) >= 11 is 0. The molecule has 0 saturated carbocycles. The van der Waals surface area contributed by atoms with Crippen molar-refractivity contribution in [1.29, 1.82) is 0 Å². The van der Waals surface area contributed by atoms with Crippen molar-refractivity contribution in [2.45, 2.75) is 66.8 Å². The Labute approximate surface area is 129 Å². The molecule has 0 radical (unpaired) electrons. The Bertz CT molecular complexity index is 581. The van der Waals surface area contributed by atoms with Crippen LogP contribution in [0.4, 0.5) is 0 Å². The smallest absolute Gasteiger partial charge is 0.160 e. The van der Waals surface area contributed by atoms with Crippen LogP contribution in [0.2, 0.25) is 0 Å². The largest absolute Gasteiger partial charge is 0.347 e. The summed E-state index contributed by atoms with van der Waals surface area (Å²) in [5.74, 6) is 0.163. The van der Waals surface area contributed by atoms with Gasteiger partial charge in [0, 0.05) is 29.2 Å². The lowest BCUT2D eigenvalue weighted by Gasteiger charge is -2.05. The van der Waals surface area contributed by atoms with Gasteiger partial charge in [0.1, 0.15) is 0 Å². The zero-order valence-electron chi connectivity index (χ0n) is 14.2. The quantitative estimate of drug-likeness (QED) is 0.632. The van der Waals surface area contributed by atoms with Gasteiger partial charge < -0.3 is 4.57 Å². The number of aromatic nitrogens is 1. The van der Waals surface area contributed by atoms with Crippen molar-refractivity contribution in [1.82, 2.24) is 4.57 Å². The molecule has 1 aromatic carbocycles. The predicted octanol–water partition coefficient (Wildman–Crippen LogP) is 5.62. The Morgan fingerprint density at radius 3 is 2.43 bits per heavy atom. The summed E-state index contributed by atoms with van der Waals surface area (Å²) in [6.45, 7) is 11.1. The van der Waals surface area contributed by atoms with Gasteiger partial charge in [-0.25, -0.2) is 0 Å². The molecule has 2 aromatic rings. The molecule has 0 aliphatic carbocycles. The van der Waals surface area contributed by atoms with E-state index >= 15 is 0 Å². The minimum absolute atomic E-state index is 0.163. The lowest BCUT2D eigenvalue weighted by molar-refractivity contribution is 0.101. The summed E-state index contributed by atoms with van der Waals surface area (Å²) in [5, 5.41) is 1.17. The molecule has 1 heterocycles. The number of ketones is 1. The van der Waals surface area contributed by atoms with Gasteiger partial charge in [0.05, 0.1) is 0 Å². The fraction of sp³-hybridized carbons (Fsp3) is 0.526. The van der Waals surface area contributed by atoms with E-state index in [9.17, 15) is 4.79 Å².